The smallest absolute Gasteiger partial charge is 0.312 e. The molecule has 1 saturated carbocycles. The molecule has 78 valence electrons. The molecule has 0 aromatic heterocycles. The predicted molar refractivity (Wildman–Crippen MR) is 47.5 cm³/mol. The van der Waals surface area contributed by atoms with Crippen molar-refractivity contribution in [3.8, 4) is 0 Å². The van der Waals surface area contributed by atoms with E-state index in [0.29, 0.717) is 6.42 Å². The quantitative estimate of drug-likeness (QED) is 0.639. The zero-order chi connectivity index (χ0) is 10.3. The number of carboxylic acids is 1. The third-order valence-electron chi connectivity index (χ3n) is 3.69. The molecule has 0 radical (unpaired) electrons. The fourth-order valence-electron chi connectivity index (χ4n) is 2.70. The molecule has 0 aromatic rings. The molecule has 1 N–H and O–H groups in total. The van der Waals surface area contributed by atoms with Crippen LogP contribution >= 0.6 is 0 Å². The van der Waals surface area contributed by atoms with E-state index in [-0.39, 0.29) is 18.5 Å². The molecule has 1 heterocycles. The van der Waals surface area contributed by atoms with Gasteiger partial charge in [0.25, 0.3) is 0 Å². The summed E-state index contributed by atoms with van der Waals surface area (Å²) in [6.07, 6.45) is 2.24. The molecule has 0 aromatic carbocycles. The maximum Gasteiger partial charge on any atom is 0.312 e. The summed E-state index contributed by atoms with van der Waals surface area (Å²) in [5.74, 6) is -1.53. The SMILES string of the molecule is C[C@@]12CCC[C@@H](C(=O)O)[C@@H]1COC2=O. The van der Waals surface area contributed by atoms with Crippen molar-refractivity contribution in [3.05, 3.63) is 0 Å². The maximum atomic E-state index is 11.5. The first-order chi connectivity index (χ1) is 6.55. The van der Waals surface area contributed by atoms with Crippen LogP contribution in [0.25, 0.3) is 0 Å². The normalized spacial score (nSPS) is 41.6. The summed E-state index contributed by atoms with van der Waals surface area (Å²) in [4.78, 5) is 22.5. The minimum absolute atomic E-state index is 0.124. The molecule has 2 rings (SSSR count). The Morgan fingerprint density at radius 1 is 1.64 bits per heavy atom. The number of hydrogen-bond donors (Lipinski definition) is 1. The molecule has 14 heavy (non-hydrogen) atoms. The highest BCUT2D eigenvalue weighted by Crippen LogP contribution is 2.48. The van der Waals surface area contributed by atoms with Crippen molar-refractivity contribution in [2.75, 3.05) is 6.61 Å². The largest absolute Gasteiger partial charge is 0.481 e. The van der Waals surface area contributed by atoms with E-state index >= 15 is 0 Å². The molecule has 0 bridgehead atoms. The number of carbonyl (C=O) groups excluding carboxylic acids is 1. The summed E-state index contributed by atoms with van der Waals surface area (Å²) in [6, 6.07) is 0. The first-order valence-electron chi connectivity index (χ1n) is 4.96. The third-order valence-corrected chi connectivity index (χ3v) is 3.69. The highest BCUT2D eigenvalue weighted by atomic mass is 16.5. The van der Waals surface area contributed by atoms with Gasteiger partial charge in [-0.1, -0.05) is 6.42 Å². The summed E-state index contributed by atoms with van der Waals surface area (Å²) in [6.45, 7) is 2.12. The number of fused-ring (bicyclic) bond motifs is 1. The first-order valence-corrected chi connectivity index (χ1v) is 4.96. The van der Waals surface area contributed by atoms with Gasteiger partial charge in [0.2, 0.25) is 0 Å². The average molecular weight is 198 g/mol. The molecule has 2 aliphatic rings. The maximum absolute atomic E-state index is 11.5. The van der Waals surface area contributed by atoms with Gasteiger partial charge in [-0.05, 0) is 19.8 Å². The van der Waals surface area contributed by atoms with Crippen molar-refractivity contribution in [2.24, 2.45) is 17.3 Å². The van der Waals surface area contributed by atoms with Gasteiger partial charge in [-0.25, -0.2) is 0 Å². The van der Waals surface area contributed by atoms with Crippen molar-refractivity contribution in [2.45, 2.75) is 26.2 Å². The number of esters is 1. The third kappa shape index (κ3) is 1.13. The second-order valence-corrected chi connectivity index (χ2v) is 4.46. The Morgan fingerprint density at radius 2 is 2.36 bits per heavy atom. The molecule has 4 heteroatoms. The molecular formula is C10H14O4. The number of carboxylic acid groups (broad SMARTS) is 1. The lowest BCUT2D eigenvalue weighted by molar-refractivity contribution is -0.150. The van der Waals surface area contributed by atoms with Crippen LogP contribution in [0.3, 0.4) is 0 Å². The fourth-order valence-corrected chi connectivity index (χ4v) is 2.70. The number of rotatable bonds is 1. The number of hydrogen-bond acceptors (Lipinski definition) is 3. The van der Waals surface area contributed by atoms with Crippen molar-refractivity contribution in [1.29, 1.82) is 0 Å². The van der Waals surface area contributed by atoms with E-state index in [9.17, 15) is 9.59 Å². The molecule has 1 aliphatic carbocycles. The van der Waals surface area contributed by atoms with E-state index in [1.807, 2.05) is 6.92 Å². The van der Waals surface area contributed by atoms with Crippen LogP contribution in [-0.4, -0.2) is 23.7 Å². The van der Waals surface area contributed by atoms with Crippen molar-refractivity contribution in [3.63, 3.8) is 0 Å². The van der Waals surface area contributed by atoms with Crippen LogP contribution in [0, 0.1) is 17.3 Å². The summed E-state index contributed by atoms with van der Waals surface area (Å²) in [5, 5.41) is 9.02. The lowest BCUT2D eigenvalue weighted by Crippen LogP contribution is -2.41. The Bertz CT molecular complexity index is 286. The lowest BCUT2D eigenvalue weighted by atomic mass is 9.64. The zero-order valence-corrected chi connectivity index (χ0v) is 8.16. The molecule has 0 amide bonds. The Kier molecular flexibility index (Phi) is 2.01. The van der Waals surface area contributed by atoms with Gasteiger partial charge in [0, 0.05) is 5.92 Å². The second-order valence-electron chi connectivity index (χ2n) is 4.46. The molecule has 0 unspecified atom stereocenters. The van der Waals surface area contributed by atoms with Crippen LogP contribution in [0.5, 0.6) is 0 Å². The topological polar surface area (TPSA) is 63.6 Å². The average Bonchev–Trinajstić information content (AvgIpc) is 2.42. The van der Waals surface area contributed by atoms with Gasteiger partial charge in [0.05, 0.1) is 17.9 Å². The van der Waals surface area contributed by atoms with E-state index in [0.717, 1.165) is 12.8 Å². The fraction of sp³-hybridized carbons (Fsp3) is 0.800. The molecule has 4 nitrogen and oxygen atoms in total. The summed E-state index contributed by atoms with van der Waals surface area (Å²) in [5.41, 5.74) is -0.540. The molecular weight excluding hydrogens is 184 g/mol. The Balaban J connectivity index is 2.28. The van der Waals surface area contributed by atoms with Gasteiger partial charge in [0.15, 0.2) is 0 Å². The zero-order valence-electron chi connectivity index (χ0n) is 8.16. The Hall–Kier alpha value is -1.06. The van der Waals surface area contributed by atoms with Gasteiger partial charge in [-0.2, -0.15) is 0 Å². The molecule has 2 fully saturated rings. The standard InChI is InChI=1S/C10H14O4/c1-10-4-2-3-6(8(11)12)7(10)5-14-9(10)13/h6-7H,2-5H2,1H3,(H,11,12)/t6-,7+,10-/m1/s1. The second kappa shape index (κ2) is 2.97. The summed E-state index contributed by atoms with van der Waals surface area (Å²) >= 11 is 0. The van der Waals surface area contributed by atoms with Gasteiger partial charge in [0.1, 0.15) is 0 Å². The minimum atomic E-state index is -0.792. The Morgan fingerprint density at radius 3 is 3.00 bits per heavy atom. The van der Waals surface area contributed by atoms with Crippen molar-refractivity contribution in [1.82, 2.24) is 0 Å². The van der Waals surface area contributed by atoms with Crippen LogP contribution < -0.4 is 0 Å². The van der Waals surface area contributed by atoms with E-state index in [1.165, 1.54) is 0 Å². The van der Waals surface area contributed by atoms with Gasteiger partial charge < -0.3 is 9.84 Å². The number of ether oxygens (including phenoxy) is 1. The first kappa shape index (κ1) is 9.49. The van der Waals surface area contributed by atoms with E-state index in [2.05, 4.69) is 0 Å². The molecule has 1 saturated heterocycles. The number of carbonyl (C=O) groups is 2. The predicted octanol–water partition coefficient (Wildman–Crippen LogP) is 1.05. The molecule has 3 atom stereocenters. The monoisotopic (exact) mass is 198 g/mol. The minimum Gasteiger partial charge on any atom is -0.481 e. The van der Waals surface area contributed by atoms with E-state index in [4.69, 9.17) is 9.84 Å². The van der Waals surface area contributed by atoms with E-state index in [1.54, 1.807) is 0 Å². The highest BCUT2D eigenvalue weighted by Gasteiger charge is 2.55. The van der Waals surface area contributed by atoms with Gasteiger partial charge in [-0.3, -0.25) is 9.59 Å². The van der Waals surface area contributed by atoms with Gasteiger partial charge >= 0.3 is 11.9 Å². The van der Waals surface area contributed by atoms with Crippen molar-refractivity contribution < 1.29 is 19.4 Å². The molecule has 1 aliphatic heterocycles. The molecule has 0 spiro atoms. The van der Waals surface area contributed by atoms with Crippen LogP contribution in [0.4, 0.5) is 0 Å². The lowest BCUT2D eigenvalue weighted by Gasteiger charge is -2.35. The summed E-state index contributed by atoms with van der Waals surface area (Å²) in [7, 11) is 0. The Labute approximate surface area is 82.2 Å². The van der Waals surface area contributed by atoms with Crippen LogP contribution in [0.1, 0.15) is 26.2 Å². The summed E-state index contributed by atoms with van der Waals surface area (Å²) < 4.78 is 4.98. The van der Waals surface area contributed by atoms with Crippen LogP contribution in [0.2, 0.25) is 0 Å². The van der Waals surface area contributed by atoms with Crippen LogP contribution in [0.15, 0.2) is 0 Å². The van der Waals surface area contributed by atoms with Crippen molar-refractivity contribution >= 4 is 11.9 Å². The van der Waals surface area contributed by atoms with Gasteiger partial charge in [-0.15, -0.1) is 0 Å². The number of aliphatic carboxylic acids is 1. The van der Waals surface area contributed by atoms with E-state index < -0.39 is 17.3 Å². The van der Waals surface area contributed by atoms with Crippen LogP contribution in [-0.2, 0) is 14.3 Å². The highest BCUT2D eigenvalue weighted by molar-refractivity contribution is 5.81. The number of cyclic esters (lactones) is 1.